The van der Waals surface area contributed by atoms with Gasteiger partial charge in [0.2, 0.25) is 0 Å². The zero-order valence-corrected chi connectivity index (χ0v) is 23.1. The van der Waals surface area contributed by atoms with Gasteiger partial charge in [-0.25, -0.2) is 13.5 Å². The van der Waals surface area contributed by atoms with Gasteiger partial charge in [0.25, 0.3) is 5.91 Å². The average Bonchev–Trinajstić information content (AvgIpc) is 3.57. The minimum atomic E-state index is -4.91. The molecular weight excluding hydrogens is 573 g/mol. The number of amides is 1. The van der Waals surface area contributed by atoms with Crippen LogP contribution in [0.2, 0.25) is 0 Å². The van der Waals surface area contributed by atoms with Gasteiger partial charge in [-0.3, -0.25) is 9.78 Å². The Balaban J connectivity index is 1.28. The number of pyridine rings is 1. The van der Waals surface area contributed by atoms with Crippen LogP contribution >= 0.6 is 12.2 Å². The second kappa shape index (κ2) is 10.6. The van der Waals surface area contributed by atoms with Gasteiger partial charge >= 0.3 is 6.18 Å². The van der Waals surface area contributed by atoms with Crippen LogP contribution in [0.25, 0.3) is 16.9 Å². The largest absolute Gasteiger partial charge is 0.419 e. The fourth-order valence-electron chi connectivity index (χ4n) is 5.62. The lowest BCUT2D eigenvalue weighted by Gasteiger charge is -2.38. The van der Waals surface area contributed by atoms with Gasteiger partial charge in [0.05, 0.1) is 27.6 Å². The average molecular weight is 598 g/mol. The van der Waals surface area contributed by atoms with Crippen molar-refractivity contribution >= 4 is 28.8 Å². The van der Waals surface area contributed by atoms with Crippen LogP contribution in [-0.4, -0.2) is 49.7 Å². The molecule has 0 bridgehead atoms. The molecule has 0 unspecified atom stereocenters. The molecule has 0 saturated carbocycles. The van der Waals surface area contributed by atoms with E-state index < -0.39 is 23.5 Å². The van der Waals surface area contributed by atoms with E-state index in [1.54, 1.807) is 30.0 Å². The lowest BCUT2D eigenvalue weighted by molar-refractivity contribution is -0.140. The van der Waals surface area contributed by atoms with E-state index in [9.17, 15) is 22.4 Å². The number of aromatic nitrogens is 3. The molecule has 1 fully saturated rings. The molecule has 1 amide bonds. The Bertz CT molecular complexity index is 1700. The Morgan fingerprint density at radius 2 is 1.81 bits per heavy atom. The molecule has 4 aromatic rings. The minimum absolute atomic E-state index is 0.0221. The highest BCUT2D eigenvalue weighted by molar-refractivity contribution is 7.80. The number of benzene rings is 2. The molecule has 1 saturated heterocycles. The fourth-order valence-corrected chi connectivity index (χ4v) is 6.02. The van der Waals surface area contributed by atoms with Gasteiger partial charge in [-0.2, -0.15) is 18.3 Å². The second-order valence-electron chi connectivity index (χ2n) is 10.4. The number of piperidine rings is 1. The molecule has 0 aliphatic carbocycles. The summed E-state index contributed by atoms with van der Waals surface area (Å²) < 4.78 is 70.7. The number of alkyl halides is 3. The maximum Gasteiger partial charge on any atom is 0.419 e. The maximum atomic E-state index is 15.1. The first-order valence-electron chi connectivity index (χ1n) is 13.3. The highest BCUT2D eigenvalue weighted by Crippen LogP contribution is 2.38. The standard InChI is InChI=1S/C30H24F5N5OS/c1-17-4-5-18-13-26(42)39(28(18)27(17)32)20-8-11-38(12-9-20)29(41)24-15-25(19-3-2-10-36-16-19)40(37-24)21-6-7-23(31)22(14-21)30(33,34)35/h2-7,10,14-16,20H,8-9,11-13H2,1H3. The van der Waals surface area contributed by atoms with E-state index in [4.69, 9.17) is 12.2 Å². The summed E-state index contributed by atoms with van der Waals surface area (Å²) in [5.74, 6) is -2.09. The Hall–Kier alpha value is -4.19. The quantitative estimate of drug-likeness (QED) is 0.198. The van der Waals surface area contributed by atoms with Gasteiger partial charge in [-0.1, -0.05) is 24.4 Å². The number of thiocarbonyl (C=S) groups is 1. The topological polar surface area (TPSA) is 54.3 Å². The van der Waals surface area contributed by atoms with Gasteiger partial charge in [0, 0.05) is 43.5 Å². The van der Waals surface area contributed by atoms with Crippen molar-refractivity contribution in [3.63, 3.8) is 0 Å². The number of nitrogens with zero attached hydrogens (tertiary/aromatic N) is 5. The van der Waals surface area contributed by atoms with Gasteiger partial charge < -0.3 is 9.80 Å². The molecule has 2 aromatic carbocycles. The van der Waals surface area contributed by atoms with E-state index in [-0.39, 0.29) is 23.2 Å². The monoisotopic (exact) mass is 597 g/mol. The number of aryl methyl sites for hydroxylation is 1. The fraction of sp³-hybridized carbons (Fsp3) is 0.267. The lowest BCUT2D eigenvalue weighted by atomic mass is 10.0. The maximum absolute atomic E-state index is 15.1. The molecule has 6 rings (SSSR count). The number of carbonyl (C=O) groups excluding carboxylic acids is 1. The number of hydrogen-bond donors (Lipinski definition) is 0. The van der Waals surface area contributed by atoms with Crippen molar-refractivity contribution in [2.75, 3.05) is 18.0 Å². The summed E-state index contributed by atoms with van der Waals surface area (Å²) in [5.41, 5.74) is 1.28. The molecule has 2 aliphatic heterocycles. The summed E-state index contributed by atoms with van der Waals surface area (Å²) in [5, 5.41) is 4.37. The van der Waals surface area contributed by atoms with E-state index in [0.717, 1.165) is 11.6 Å². The third-order valence-electron chi connectivity index (χ3n) is 7.75. The molecule has 42 heavy (non-hydrogen) atoms. The summed E-state index contributed by atoms with van der Waals surface area (Å²) in [4.78, 5) is 21.8. The Morgan fingerprint density at radius 1 is 1.05 bits per heavy atom. The first-order chi connectivity index (χ1) is 20.0. The molecule has 2 aromatic heterocycles. The molecule has 0 atom stereocenters. The Kier molecular flexibility index (Phi) is 7.04. The van der Waals surface area contributed by atoms with Gasteiger partial charge in [0.15, 0.2) is 5.69 Å². The molecule has 12 heteroatoms. The molecule has 0 radical (unpaired) electrons. The minimum Gasteiger partial charge on any atom is -0.337 e. The van der Waals surface area contributed by atoms with Crippen LogP contribution in [0.5, 0.6) is 0 Å². The predicted molar refractivity (Wildman–Crippen MR) is 151 cm³/mol. The summed E-state index contributed by atoms with van der Waals surface area (Å²) in [6.07, 6.45) is -0.292. The number of hydrogen-bond acceptors (Lipinski definition) is 4. The van der Waals surface area contributed by atoms with Crippen molar-refractivity contribution in [1.82, 2.24) is 19.7 Å². The highest BCUT2D eigenvalue weighted by atomic mass is 32.1. The molecule has 6 nitrogen and oxygen atoms in total. The number of likely N-dealkylation sites (tertiary alicyclic amines) is 1. The SMILES string of the molecule is Cc1ccc2c(c1F)N(C1CCN(C(=O)c3cc(-c4cccnc4)n(-c4ccc(F)c(C(F)(F)F)c4)n3)CC1)C(=S)C2. The smallest absolute Gasteiger partial charge is 0.337 e. The summed E-state index contributed by atoms with van der Waals surface area (Å²) >= 11 is 5.60. The summed E-state index contributed by atoms with van der Waals surface area (Å²) in [6.45, 7) is 2.43. The normalized spacial score (nSPS) is 15.8. The van der Waals surface area contributed by atoms with E-state index in [1.807, 2.05) is 11.0 Å². The van der Waals surface area contributed by atoms with Crippen LogP contribution in [0.4, 0.5) is 27.6 Å². The van der Waals surface area contributed by atoms with Gasteiger partial charge in [-0.15, -0.1) is 0 Å². The number of rotatable bonds is 4. The molecular formula is C30H24F5N5OS. The van der Waals surface area contributed by atoms with Crippen molar-refractivity contribution < 1.29 is 26.7 Å². The van der Waals surface area contributed by atoms with Crippen molar-refractivity contribution in [3.05, 3.63) is 94.9 Å². The molecule has 2 aliphatic rings. The van der Waals surface area contributed by atoms with Crippen molar-refractivity contribution in [2.24, 2.45) is 0 Å². The molecule has 0 N–H and O–H groups in total. The Labute approximate surface area is 243 Å². The first-order valence-corrected chi connectivity index (χ1v) is 13.7. The number of anilines is 1. The van der Waals surface area contributed by atoms with Crippen LogP contribution in [0.15, 0.2) is 60.9 Å². The number of carbonyl (C=O) groups is 1. The zero-order valence-electron chi connectivity index (χ0n) is 22.3. The van der Waals surface area contributed by atoms with Crippen LogP contribution in [0.1, 0.15) is 40.0 Å². The summed E-state index contributed by atoms with van der Waals surface area (Å²) in [6, 6.07) is 11.0. The molecule has 4 heterocycles. The van der Waals surface area contributed by atoms with Crippen molar-refractivity contribution in [2.45, 2.75) is 38.4 Å². The molecule has 0 spiro atoms. The first kappa shape index (κ1) is 28.0. The van der Waals surface area contributed by atoms with Crippen molar-refractivity contribution in [3.8, 4) is 16.9 Å². The Morgan fingerprint density at radius 3 is 2.50 bits per heavy atom. The number of halogens is 5. The van der Waals surface area contributed by atoms with E-state index in [2.05, 4.69) is 10.1 Å². The predicted octanol–water partition coefficient (Wildman–Crippen LogP) is 6.53. The zero-order chi connectivity index (χ0) is 29.8. The lowest BCUT2D eigenvalue weighted by Crippen LogP contribution is -2.48. The van der Waals surface area contributed by atoms with Crippen LogP contribution in [0, 0.1) is 18.6 Å². The van der Waals surface area contributed by atoms with E-state index in [1.165, 1.54) is 29.2 Å². The molecule has 216 valence electrons. The highest BCUT2D eigenvalue weighted by Gasteiger charge is 2.37. The summed E-state index contributed by atoms with van der Waals surface area (Å²) in [7, 11) is 0. The third kappa shape index (κ3) is 4.93. The van der Waals surface area contributed by atoms with Gasteiger partial charge in [0.1, 0.15) is 11.6 Å². The van der Waals surface area contributed by atoms with Gasteiger partial charge in [-0.05, 0) is 67.3 Å². The van der Waals surface area contributed by atoms with Crippen LogP contribution in [-0.2, 0) is 12.6 Å². The number of fused-ring (bicyclic) bond motifs is 1. The van der Waals surface area contributed by atoms with Crippen molar-refractivity contribution in [1.29, 1.82) is 0 Å². The van der Waals surface area contributed by atoms with Crippen LogP contribution in [0.3, 0.4) is 0 Å². The second-order valence-corrected chi connectivity index (χ2v) is 10.9. The van der Waals surface area contributed by atoms with E-state index >= 15 is 4.39 Å². The van der Waals surface area contributed by atoms with Crippen LogP contribution < -0.4 is 4.90 Å². The third-order valence-corrected chi connectivity index (χ3v) is 8.09. The van der Waals surface area contributed by atoms with E-state index in [0.29, 0.717) is 65.9 Å².